The summed E-state index contributed by atoms with van der Waals surface area (Å²) >= 11 is 0. The number of aromatic nitrogens is 3. The van der Waals surface area contributed by atoms with Crippen LogP contribution in [-0.4, -0.2) is 64.4 Å². The second-order valence-corrected chi connectivity index (χ2v) is 7.17. The molecule has 142 valence electrons. The van der Waals surface area contributed by atoms with Gasteiger partial charge in [0.25, 0.3) is 0 Å². The molecule has 0 aromatic carbocycles. The number of likely N-dealkylation sites (tertiary alicyclic amines) is 1. The quantitative estimate of drug-likeness (QED) is 0.550. The first-order valence-corrected chi connectivity index (χ1v) is 9.76. The maximum Gasteiger partial charge on any atom is 0.191 e. The number of guanidine groups is 1. The van der Waals surface area contributed by atoms with E-state index in [0.717, 1.165) is 43.8 Å². The standard InChI is InChI=1S/C18H35N7/c1-5-17-23-21-14-25(17)12-9-20-18(19-6-2)22-16-7-10-24(11-8-16)13-15(3)4/h14-16H,5-13H2,1-4H3,(H2,19,20,22). The van der Waals surface area contributed by atoms with E-state index in [0.29, 0.717) is 6.04 Å². The second kappa shape index (κ2) is 10.4. The van der Waals surface area contributed by atoms with Gasteiger partial charge >= 0.3 is 0 Å². The fraction of sp³-hybridized carbons (Fsp3) is 0.833. The lowest BCUT2D eigenvalue weighted by Gasteiger charge is -2.34. The minimum atomic E-state index is 0.516. The number of nitrogens with one attached hydrogen (secondary N) is 2. The molecule has 0 spiro atoms. The number of aryl methyl sites for hydroxylation is 1. The van der Waals surface area contributed by atoms with Crippen LogP contribution in [0.5, 0.6) is 0 Å². The summed E-state index contributed by atoms with van der Waals surface area (Å²) in [5.74, 6) is 2.69. The maximum absolute atomic E-state index is 4.73. The maximum atomic E-state index is 4.73. The Morgan fingerprint density at radius 1 is 1.32 bits per heavy atom. The molecule has 0 bridgehead atoms. The third-order valence-corrected chi connectivity index (χ3v) is 4.52. The highest BCUT2D eigenvalue weighted by Gasteiger charge is 2.20. The van der Waals surface area contributed by atoms with Gasteiger partial charge in [-0.3, -0.25) is 4.99 Å². The molecule has 1 aliphatic rings. The largest absolute Gasteiger partial charge is 0.357 e. The van der Waals surface area contributed by atoms with Gasteiger partial charge in [0.1, 0.15) is 12.2 Å². The van der Waals surface area contributed by atoms with Crippen LogP contribution in [0.3, 0.4) is 0 Å². The number of hydrogen-bond acceptors (Lipinski definition) is 4. The van der Waals surface area contributed by atoms with Gasteiger partial charge in [-0.15, -0.1) is 10.2 Å². The summed E-state index contributed by atoms with van der Waals surface area (Å²) in [5, 5.41) is 15.1. The minimum Gasteiger partial charge on any atom is -0.357 e. The van der Waals surface area contributed by atoms with Gasteiger partial charge < -0.3 is 20.1 Å². The first kappa shape index (κ1) is 19.7. The lowest BCUT2D eigenvalue weighted by molar-refractivity contribution is 0.187. The van der Waals surface area contributed by atoms with E-state index in [4.69, 9.17) is 4.99 Å². The number of aliphatic imine (C=N–C) groups is 1. The fourth-order valence-corrected chi connectivity index (χ4v) is 3.30. The van der Waals surface area contributed by atoms with Crippen LogP contribution in [0, 0.1) is 5.92 Å². The summed E-state index contributed by atoms with van der Waals surface area (Å²) in [6.45, 7) is 14.8. The van der Waals surface area contributed by atoms with Crippen molar-refractivity contribution >= 4 is 5.96 Å². The molecule has 0 saturated carbocycles. The van der Waals surface area contributed by atoms with Gasteiger partial charge in [-0.2, -0.15) is 0 Å². The molecule has 1 aliphatic heterocycles. The van der Waals surface area contributed by atoms with Crippen molar-refractivity contribution in [2.75, 3.05) is 32.7 Å². The Kier molecular flexibility index (Phi) is 8.18. The van der Waals surface area contributed by atoms with Crippen LogP contribution in [0.4, 0.5) is 0 Å². The summed E-state index contributed by atoms with van der Waals surface area (Å²) in [7, 11) is 0. The highest BCUT2D eigenvalue weighted by atomic mass is 15.3. The van der Waals surface area contributed by atoms with E-state index in [9.17, 15) is 0 Å². The Balaban J connectivity index is 1.80. The van der Waals surface area contributed by atoms with E-state index in [1.54, 1.807) is 6.33 Å². The average Bonchev–Trinajstić information content (AvgIpc) is 3.04. The average molecular weight is 350 g/mol. The Hall–Kier alpha value is -1.63. The molecule has 0 aliphatic carbocycles. The van der Waals surface area contributed by atoms with E-state index < -0.39 is 0 Å². The van der Waals surface area contributed by atoms with E-state index >= 15 is 0 Å². The number of rotatable bonds is 8. The molecule has 1 fully saturated rings. The van der Waals surface area contributed by atoms with E-state index in [1.807, 2.05) is 0 Å². The SMILES string of the molecule is CCNC(=NCCn1cnnc1CC)NC1CCN(CC(C)C)CC1. The number of piperidine rings is 1. The van der Waals surface area contributed by atoms with Gasteiger partial charge in [0.05, 0.1) is 6.54 Å². The molecule has 0 atom stereocenters. The Morgan fingerprint density at radius 3 is 2.72 bits per heavy atom. The zero-order valence-corrected chi connectivity index (χ0v) is 16.3. The van der Waals surface area contributed by atoms with Crippen molar-refractivity contribution in [2.45, 2.75) is 59.5 Å². The van der Waals surface area contributed by atoms with Crippen LogP contribution in [-0.2, 0) is 13.0 Å². The monoisotopic (exact) mass is 349 g/mol. The molecule has 1 aromatic heterocycles. The first-order chi connectivity index (χ1) is 12.1. The molecule has 2 heterocycles. The van der Waals surface area contributed by atoms with E-state index in [2.05, 4.69) is 58.0 Å². The molecule has 0 unspecified atom stereocenters. The normalized spacial score (nSPS) is 17.2. The number of hydrogen-bond donors (Lipinski definition) is 2. The predicted molar refractivity (Wildman–Crippen MR) is 103 cm³/mol. The molecule has 7 nitrogen and oxygen atoms in total. The lowest BCUT2D eigenvalue weighted by atomic mass is 10.0. The van der Waals surface area contributed by atoms with Crippen molar-refractivity contribution < 1.29 is 0 Å². The minimum absolute atomic E-state index is 0.516. The summed E-state index contributed by atoms with van der Waals surface area (Å²) in [4.78, 5) is 7.30. The highest BCUT2D eigenvalue weighted by Crippen LogP contribution is 2.12. The fourth-order valence-electron chi connectivity index (χ4n) is 3.30. The van der Waals surface area contributed by atoms with Crippen molar-refractivity contribution in [3.05, 3.63) is 12.2 Å². The van der Waals surface area contributed by atoms with Gasteiger partial charge in [-0.25, -0.2) is 0 Å². The van der Waals surface area contributed by atoms with Crippen molar-refractivity contribution in [3.63, 3.8) is 0 Å². The molecular formula is C18H35N7. The van der Waals surface area contributed by atoms with Gasteiger partial charge in [-0.05, 0) is 25.7 Å². The number of nitrogens with zero attached hydrogens (tertiary/aromatic N) is 5. The molecule has 2 rings (SSSR count). The summed E-state index contributed by atoms with van der Waals surface area (Å²) < 4.78 is 2.08. The van der Waals surface area contributed by atoms with Gasteiger partial charge in [0.15, 0.2) is 5.96 Å². The molecule has 1 saturated heterocycles. The van der Waals surface area contributed by atoms with Crippen LogP contribution < -0.4 is 10.6 Å². The van der Waals surface area contributed by atoms with Crippen LogP contribution in [0.2, 0.25) is 0 Å². The van der Waals surface area contributed by atoms with Crippen LogP contribution in [0.25, 0.3) is 0 Å². The zero-order valence-electron chi connectivity index (χ0n) is 16.3. The van der Waals surface area contributed by atoms with Gasteiger partial charge in [0.2, 0.25) is 0 Å². The molecule has 0 radical (unpaired) electrons. The predicted octanol–water partition coefficient (Wildman–Crippen LogP) is 1.52. The Morgan fingerprint density at radius 2 is 2.08 bits per heavy atom. The summed E-state index contributed by atoms with van der Waals surface area (Å²) in [6, 6.07) is 0.516. The summed E-state index contributed by atoms with van der Waals surface area (Å²) in [5.41, 5.74) is 0. The van der Waals surface area contributed by atoms with Crippen molar-refractivity contribution in [1.29, 1.82) is 0 Å². The van der Waals surface area contributed by atoms with Gasteiger partial charge in [0, 0.05) is 45.2 Å². The van der Waals surface area contributed by atoms with E-state index in [1.165, 1.54) is 32.5 Å². The lowest BCUT2D eigenvalue weighted by Crippen LogP contribution is -2.49. The summed E-state index contributed by atoms with van der Waals surface area (Å²) in [6.07, 6.45) is 5.06. The third kappa shape index (κ3) is 6.65. The highest BCUT2D eigenvalue weighted by molar-refractivity contribution is 5.80. The van der Waals surface area contributed by atoms with Crippen molar-refractivity contribution in [1.82, 2.24) is 30.3 Å². The first-order valence-electron chi connectivity index (χ1n) is 9.76. The molecule has 25 heavy (non-hydrogen) atoms. The Labute approximate surface area is 152 Å². The molecule has 7 heteroatoms. The zero-order chi connectivity index (χ0) is 18.1. The Bertz CT molecular complexity index is 515. The van der Waals surface area contributed by atoms with Crippen molar-refractivity contribution in [2.24, 2.45) is 10.9 Å². The smallest absolute Gasteiger partial charge is 0.191 e. The van der Waals surface area contributed by atoms with Crippen LogP contribution in [0.15, 0.2) is 11.3 Å². The second-order valence-electron chi connectivity index (χ2n) is 7.17. The topological polar surface area (TPSA) is 70.4 Å². The molecule has 2 N–H and O–H groups in total. The molecule has 1 aromatic rings. The van der Waals surface area contributed by atoms with Gasteiger partial charge in [-0.1, -0.05) is 20.8 Å². The van der Waals surface area contributed by atoms with Crippen LogP contribution in [0.1, 0.15) is 46.4 Å². The third-order valence-electron chi connectivity index (χ3n) is 4.52. The molecular weight excluding hydrogens is 314 g/mol. The van der Waals surface area contributed by atoms with E-state index in [-0.39, 0.29) is 0 Å². The van der Waals surface area contributed by atoms with Crippen molar-refractivity contribution in [3.8, 4) is 0 Å². The van der Waals surface area contributed by atoms with Crippen LogP contribution >= 0.6 is 0 Å². The molecule has 0 amide bonds.